The second-order valence-electron chi connectivity index (χ2n) is 6.69. The number of allylic oxidation sites excluding steroid dienone is 2. The second kappa shape index (κ2) is 8.77. The fourth-order valence-corrected chi connectivity index (χ4v) is 3.36. The predicted molar refractivity (Wildman–Crippen MR) is 109 cm³/mol. The molecule has 1 aliphatic rings. The molecule has 0 aliphatic heterocycles. The molecule has 130 valence electrons. The van der Waals surface area contributed by atoms with Gasteiger partial charge in [-0.15, -0.1) is 0 Å². The molecule has 0 saturated heterocycles. The summed E-state index contributed by atoms with van der Waals surface area (Å²) in [5, 5.41) is 4.18. The van der Waals surface area contributed by atoms with Gasteiger partial charge in [0.15, 0.2) is 5.11 Å². The molecule has 1 aromatic carbocycles. The van der Waals surface area contributed by atoms with Crippen molar-refractivity contribution in [3.8, 4) is 0 Å². The van der Waals surface area contributed by atoms with Crippen LogP contribution in [-0.2, 0) is 6.54 Å². The zero-order chi connectivity index (χ0) is 17.5. The third-order valence-corrected chi connectivity index (χ3v) is 4.90. The minimum Gasteiger partial charge on any atom is -0.344 e. The molecular weight excluding hydrogens is 326 g/mol. The molecule has 0 amide bonds. The van der Waals surface area contributed by atoms with Gasteiger partial charge in [0.05, 0.1) is 0 Å². The molecule has 0 spiro atoms. The standard InChI is InChI=1S/C21H25N3S/c1-17-9-11-20(12-10-17)23-21(25)24(15-18-6-3-2-4-7-18)16-19-8-5-13-22-14-19/h2-3,5,8-14,18H,4,6-7,15-16H2,1H3,(H,23,25)/t18-/m1/s1. The van der Waals surface area contributed by atoms with Crippen LogP contribution >= 0.6 is 12.2 Å². The normalized spacial score (nSPS) is 16.4. The Morgan fingerprint density at radius 2 is 2.08 bits per heavy atom. The second-order valence-corrected chi connectivity index (χ2v) is 7.08. The van der Waals surface area contributed by atoms with Crippen LogP contribution in [-0.4, -0.2) is 21.5 Å². The molecule has 0 radical (unpaired) electrons. The molecule has 0 bridgehead atoms. The quantitative estimate of drug-likeness (QED) is 0.610. The highest BCUT2D eigenvalue weighted by atomic mass is 32.1. The van der Waals surface area contributed by atoms with E-state index in [4.69, 9.17) is 12.2 Å². The number of anilines is 1. The van der Waals surface area contributed by atoms with Crippen molar-refractivity contribution in [2.45, 2.75) is 32.7 Å². The Kier molecular flexibility index (Phi) is 6.18. The van der Waals surface area contributed by atoms with E-state index >= 15 is 0 Å². The highest BCUT2D eigenvalue weighted by Crippen LogP contribution is 2.21. The van der Waals surface area contributed by atoms with E-state index in [1.165, 1.54) is 24.0 Å². The smallest absolute Gasteiger partial charge is 0.173 e. The number of rotatable bonds is 5. The summed E-state index contributed by atoms with van der Waals surface area (Å²) in [6.07, 6.45) is 11.8. The van der Waals surface area contributed by atoms with Gasteiger partial charge in [-0.2, -0.15) is 0 Å². The van der Waals surface area contributed by atoms with Gasteiger partial charge in [0, 0.05) is 31.2 Å². The third kappa shape index (κ3) is 5.40. The number of nitrogens with zero attached hydrogens (tertiary/aromatic N) is 2. The number of aromatic nitrogens is 1. The highest BCUT2D eigenvalue weighted by molar-refractivity contribution is 7.80. The van der Waals surface area contributed by atoms with Crippen LogP contribution in [0.3, 0.4) is 0 Å². The summed E-state index contributed by atoms with van der Waals surface area (Å²) in [6.45, 7) is 3.84. The van der Waals surface area contributed by atoms with Crippen LogP contribution in [0.5, 0.6) is 0 Å². The van der Waals surface area contributed by atoms with E-state index in [1.54, 1.807) is 0 Å². The molecule has 1 atom stereocenters. The van der Waals surface area contributed by atoms with Crippen molar-refractivity contribution in [2.75, 3.05) is 11.9 Å². The van der Waals surface area contributed by atoms with Gasteiger partial charge in [-0.05, 0) is 68.1 Å². The zero-order valence-corrected chi connectivity index (χ0v) is 15.5. The molecule has 25 heavy (non-hydrogen) atoms. The third-order valence-electron chi connectivity index (χ3n) is 4.54. The fraction of sp³-hybridized carbons (Fsp3) is 0.333. The van der Waals surface area contributed by atoms with E-state index in [0.717, 1.165) is 30.3 Å². The predicted octanol–water partition coefficient (Wildman–Crippen LogP) is 4.95. The molecule has 2 aromatic rings. The maximum Gasteiger partial charge on any atom is 0.173 e. The van der Waals surface area contributed by atoms with E-state index < -0.39 is 0 Å². The summed E-state index contributed by atoms with van der Waals surface area (Å²) in [7, 11) is 0. The molecule has 0 fully saturated rings. The fourth-order valence-electron chi connectivity index (χ4n) is 3.10. The highest BCUT2D eigenvalue weighted by Gasteiger charge is 2.18. The Morgan fingerprint density at radius 1 is 1.24 bits per heavy atom. The Labute approximate surface area is 155 Å². The lowest BCUT2D eigenvalue weighted by Gasteiger charge is -2.30. The van der Waals surface area contributed by atoms with Crippen molar-refractivity contribution in [3.05, 3.63) is 72.1 Å². The molecule has 4 heteroatoms. The van der Waals surface area contributed by atoms with Gasteiger partial charge in [-0.3, -0.25) is 4.98 Å². The number of nitrogens with one attached hydrogen (secondary N) is 1. The number of hydrogen-bond donors (Lipinski definition) is 1. The van der Waals surface area contributed by atoms with Gasteiger partial charge in [-0.25, -0.2) is 0 Å². The Hall–Kier alpha value is -2.20. The number of benzene rings is 1. The van der Waals surface area contributed by atoms with E-state index in [-0.39, 0.29) is 0 Å². The van der Waals surface area contributed by atoms with Gasteiger partial charge >= 0.3 is 0 Å². The molecule has 1 aliphatic carbocycles. The van der Waals surface area contributed by atoms with Gasteiger partial charge in [0.1, 0.15) is 0 Å². The SMILES string of the molecule is Cc1ccc(NC(=S)N(Cc2cccnc2)C[C@@H]2CC=CCC2)cc1. The first-order valence-electron chi connectivity index (χ1n) is 8.87. The van der Waals surface area contributed by atoms with E-state index in [9.17, 15) is 0 Å². The van der Waals surface area contributed by atoms with Crippen LogP contribution in [0.15, 0.2) is 60.9 Å². The summed E-state index contributed by atoms with van der Waals surface area (Å²) in [5.74, 6) is 0.652. The number of pyridine rings is 1. The summed E-state index contributed by atoms with van der Waals surface area (Å²) in [5.41, 5.74) is 3.47. The summed E-state index contributed by atoms with van der Waals surface area (Å²) >= 11 is 5.73. The zero-order valence-electron chi connectivity index (χ0n) is 14.7. The van der Waals surface area contributed by atoms with Crippen molar-refractivity contribution < 1.29 is 0 Å². The van der Waals surface area contributed by atoms with E-state index in [1.807, 2.05) is 18.5 Å². The summed E-state index contributed by atoms with van der Waals surface area (Å²) in [4.78, 5) is 6.51. The molecule has 1 aromatic heterocycles. The lowest BCUT2D eigenvalue weighted by Crippen LogP contribution is -2.38. The molecule has 1 heterocycles. The molecule has 0 saturated carbocycles. The number of thiocarbonyl (C=S) groups is 1. The Balaban J connectivity index is 1.70. The lowest BCUT2D eigenvalue weighted by atomic mass is 9.94. The summed E-state index contributed by atoms with van der Waals surface area (Å²) in [6, 6.07) is 12.4. The monoisotopic (exact) mass is 351 g/mol. The molecule has 1 N–H and O–H groups in total. The van der Waals surface area contributed by atoms with Crippen molar-refractivity contribution in [2.24, 2.45) is 5.92 Å². The maximum atomic E-state index is 5.73. The van der Waals surface area contributed by atoms with E-state index in [0.29, 0.717) is 5.92 Å². The van der Waals surface area contributed by atoms with Gasteiger partial charge in [-0.1, -0.05) is 35.9 Å². The van der Waals surface area contributed by atoms with Crippen molar-refractivity contribution in [1.29, 1.82) is 0 Å². The van der Waals surface area contributed by atoms with Crippen LogP contribution in [0.1, 0.15) is 30.4 Å². The Morgan fingerprint density at radius 3 is 2.76 bits per heavy atom. The minimum absolute atomic E-state index is 0.652. The molecular formula is C21H25N3S. The first-order chi connectivity index (χ1) is 12.2. The van der Waals surface area contributed by atoms with Crippen molar-refractivity contribution >= 4 is 23.0 Å². The van der Waals surface area contributed by atoms with Crippen LogP contribution < -0.4 is 5.32 Å². The average molecular weight is 352 g/mol. The largest absolute Gasteiger partial charge is 0.344 e. The minimum atomic E-state index is 0.652. The average Bonchev–Trinajstić information content (AvgIpc) is 2.65. The van der Waals surface area contributed by atoms with Crippen LogP contribution in [0.25, 0.3) is 0 Å². The number of hydrogen-bond acceptors (Lipinski definition) is 2. The first-order valence-corrected chi connectivity index (χ1v) is 9.28. The molecule has 3 nitrogen and oxygen atoms in total. The molecule has 3 rings (SSSR count). The molecule has 0 unspecified atom stereocenters. The van der Waals surface area contributed by atoms with Crippen LogP contribution in [0, 0.1) is 12.8 Å². The topological polar surface area (TPSA) is 28.2 Å². The lowest BCUT2D eigenvalue weighted by molar-refractivity contribution is 0.319. The Bertz CT molecular complexity index is 710. The van der Waals surface area contributed by atoms with Crippen LogP contribution in [0.4, 0.5) is 5.69 Å². The maximum absolute atomic E-state index is 5.73. The first kappa shape index (κ1) is 17.6. The van der Waals surface area contributed by atoms with Gasteiger partial charge < -0.3 is 10.2 Å². The van der Waals surface area contributed by atoms with Gasteiger partial charge in [0.2, 0.25) is 0 Å². The summed E-state index contributed by atoms with van der Waals surface area (Å²) < 4.78 is 0. The van der Waals surface area contributed by atoms with Crippen LogP contribution in [0.2, 0.25) is 0 Å². The van der Waals surface area contributed by atoms with E-state index in [2.05, 4.69) is 64.6 Å². The van der Waals surface area contributed by atoms with Crippen molar-refractivity contribution in [1.82, 2.24) is 9.88 Å². The number of aryl methyl sites for hydroxylation is 1. The van der Waals surface area contributed by atoms with Gasteiger partial charge in [0.25, 0.3) is 0 Å². The van der Waals surface area contributed by atoms with Crippen molar-refractivity contribution in [3.63, 3.8) is 0 Å².